The average molecular weight is 265 g/mol. The average Bonchev–Trinajstić information content (AvgIpc) is 2.74. The Bertz CT molecular complexity index is 410. The van der Waals surface area contributed by atoms with Crippen molar-refractivity contribution in [1.82, 2.24) is 14.9 Å². The first-order valence-electron chi connectivity index (χ1n) is 6.78. The summed E-state index contributed by atoms with van der Waals surface area (Å²) in [5.74, 6) is 0.263. The summed E-state index contributed by atoms with van der Waals surface area (Å²) in [7, 11) is 2.02. The van der Waals surface area contributed by atoms with E-state index >= 15 is 0 Å². The predicted octanol–water partition coefficient (Wildman–Crippen LogP) is 2.67. The summed E-state index contributed by atoms with van der Waals surface area (Å²) < 4.78 is 0. The molecule has 1 aromatic heterocycles. The Kier molecular flexibility index (Phi) is 4.56. The third-order valence-electron chi connectivity index (χ3n) is 3.54. The van der Waals surface area contributed by atoms with E-state index in [4.69, 9.17) is 0 Å². The summed E-state index contributed by atoms with van der Waals surface area (Å²) in [6.07, 6.45) is 4.12. The smallest absolute Gasteiger partial charge is 0.155 e. The number of nitrogens with one attached hydrogen (secondary N) is 1. The molecule has 0 radical (unpaired) electrons. The number of hydrogen-bond acceptors (Lipinski definition) is 3. The third kappa shape index (κ3) is 4.16. The van der Waals surface area contributed by atoms with Crippen LogP contribution in [0.15, 0.2) is 12.5 Å². The number of carbonyl (C=O) groups is 1. The molecule has 1 N–H and O–H groups in total. The van der Waals surface area contributed by atoms with Gasteiger partial charge in [0.1, 0.15) is 0 Å². The van der Waals surface area contributed by atoms with Crippen LogP contribution in [0.25, 0.3) is 0 Å². The molecule has 0 aliphatic rings. The Balaban J connectivity index is 3.01. The second-order valence-corrected chi connectivity index (χ2v) is 7.19. The van der Waals surface area contributed by atoms with Gasteiger partial charge in [0.05, 0.1) is 12.4 Å². The quantitative estimate of drug-likeness (QED) is 0.910. The zero-order chi connectivity index (χ0) is 14.8. The highest BCUT2D eigenvalue weighted by atomic mass is 16.1. The van der Waals surface area contributed by atoms with E-state index in [-0.39, 0.29) is 22.8 Å². The molecular weight excluding hydrogens is 238 g/mol. The van der Waals surface area contributed by atoms with Crippen molar-refractivity contribution in [3.05, 3.63) is 18.2 Å². The molecule has 1 unspecified atom stereocenters. The van der Waals surface area contributed by atoms with Crippen LogP contribution in [0.2, 0.25) is 0 Å². The van der Waals surface area contributed by atoms with Gasteiger partial charge in [0, 0.05) is 29.3 Å². The number of ketones is 1. The molecule has 0 saturated heterocycles. The maximum absolute atomic E-state index is 12.7. The molecule has 0 spiro atoms. The second-order valence-electron chi connectivity index (χ2n) is 7.19. The van der Waals surface area contributed by atoms with Crippen LogP contribution in [0.3, 0.4) is 0 Å². The Hall–Kier alpha value is -1.16. The topological polar surface area (TPSA) is 49.0 Å². The zero-order valence-corrected chi connectivity index (χ0v) is 13.2. The van der Waals surface area contributed by atoms with Crippen LogP contribution in [0.4, 0.5) is 0 Å². The number of rotatable bonds is 4. The first-order chi connectivity index (χ1) is 8.53. The Morgan fingerprint density at radius 3 is 2.26 bits per heavy atom. The first kappa shape index (κ1) is 15.9. The molecule has 4 nitrogen and oxygen atoms in total. The Morgan fingerprint density at radius 2 is 1.89 bits per heavy atom. The van der Waals surface area contributed by atoms with Crippen molar-refractivity contribution in [2.45, 2.75) is 59.5 Å². The van der Waals surface area contributed by atoms with E-state index in [1.807, 2.05) is 27.8 Å². The SMILES string of the molecule is CN(C(Cc1cnc[nH]1)C(=O)C(C)(C)C)C(C)(C)C. The highest BCUT2D eigenvalue weighted by molar-refractivity contribution is 5.89. The van der Waals surface area contributed by atoms with Gasteiger partial charge >= 0.3 is 0 Å². The minimum atomic E-state index is -0.343. The highest BCUT2D eigenvalue weighted by Crippen LogP contribution is 2.25. The lowest BCUT2D eigenvalue weighted by atomic mass is 9.83. The monoisotopic (exact) mass is 265 g/mol. The third-order valence-corrected chi connectivity index (χ3v) is 3.54. The number of carbonyl (C=O) groups excluding carboxylic acids is 1. The molecule has 1 aromatic rings. The van der Waals surface area contributed by atoms with Gasteiger partial charge in [0.2, 0.25) is 0 Å². The van der Waals surface area contributed by atoms with Crippen LogP contribution < -0.4 is 0 Å². The summed E-state index contributed by atoms with van der Waals surface area (Å²) >= 11 is 0. The van der Waals surface area contributed by atoms with Gasteiger partial charge < -0.3 is 4.98 Å². The van der Waals surface area contributed by atoms with Gasteiger partial charge in [-0.25, -0.2) is 4.98 Å². The van der Waals surface area contributed by atoms with Gasteiger partial charge in [0.15, 0.2) is 5.78 Å². The molecule has 0 amide bonds. The van der Waals surface area contributed by atoms with Gasteiger partial charge in [-0.3, -0.25) is 9.69 Å². The van der Waals surface area contributed by atoms with Crippen LogP contribution in [0.1, 0.15) is 47.2 Å². The van der Waals surface area contributed by atoms with Gasteiger partial charge in [-0.15, -0.1) is 0 Å². The van der Waals surface area contributed by atoms with Gasteiger partial charge in [-0.2, -0.15) is 0 Å². The van der Waals surface area contributed by atoms with Crippen LogP contribution >= 0.6 is 0 Å². The van der Waals surface area contributed by atoms with E-state index in [9.17, 15) is 4.79 Å². The summed E-state index contributed by atoms with van der Waals surface area (Å²) in [6.45, 7) is 12.3. The lowest BCUT2D eigenvalue weighted by molar-refractivity contribution is -0.133. The molecule has 0 saturated carbocycles. The highest BCUT2D eigenvalue weighted by Gasteiger charge is 2.36. The van der Waals surface area contributed by atoms with Gasteiger partial charge in [-0.05, 0) is 27.8 Å². The lowest BCUT2D eigenvalue weighted by Crippen LogP contribution is -2.52. The molecule has 19 heavy (non-hydrogen) atoms. The largest absolute Gasteiger partial charge is 0.348 e. The molecule has 0 aromatic carbocycles. The van der Waals surface area contributed by atoms with Crippen molar-refractivity contribution < 1.29 is 4.79 Å². The van der Waals surface area contributed by atoms with Crippen LogP contribution in [-0.2, 0) is 11.2 Å². The minimum absolute atomic E-state index is 0.0500. The van der Waals surface area contributed by atoms with E-state index in [0.717, 1.165) is 5.69 Å². The molecule has 0 bridgehead atoms. The maximum atomic E-state index is 12.7. The molecule has 0 aliphatic carbocycles. The fourth-order valence-electron chi connectivity index (χ4n) is 1.98. The standard InChI is InChI=1S/C15H27N3O/c1-14(2,3)13(19)12(18(7)15(4,5)6)8-11-9-16-10-17-11/h9-10,12H,8H2,1-7H3,(H,16,17). The van der Waals surface area contributed by atoms with Crippen LogP contribution in [-0.4, -0.2) is 39.3 Å². The van der Waals surface area contributed by atoms with E-state index < -0.39 is 0 Å². The van der Waals surface area contributed by atoms with Crippen molar-refractivity contribution in [3.8, 4) is 0 Å². The van der Waals surface area contributed by atoms with Crippen LogP contribution in [0.5, 0.6) is 0 Å². The number of H-pyrrole nitrogens is 1. The Labute approximate surface area is 116 Å². The summed E-state index contributed by atoms with van der Waals surface area (Å²) in [5, 5.41) is 0. The zero-order valence-electron chi connectivity index (χ0n) is 13.2. The molecule has 1 heterocycles. The Morgan fingerprint density at radius 1 is 1.32 bits per heavy atom. The minimum Gasteiger partial charge on any atom is -0.348 e. The van der Waals surface area contributed by atoms with E-state index in [1.165, 1.54) is 0 Å². The number of imidazole rings is 1. The maximum Gasteiger partial charge on any atom is 0.155 e. The number of aromatic nitrogens is 2. The van der Waals surface area contributed by atoms with Crippen molar-refractivity contribution in [2.75, 3.05) is 7.05 Å². The van der Waals surface area contributed by atoms with Gasteiger partial charge in [-0.1, -0.05) is 20.8 Å². The lowest BCUT2D eigenvalue weighted by Gasteiger charge is -2.40. The molecule has 4 heteroatoms. The van der Waals surface area contributed by atoms with Gasteiger partial charge in [0.25, 0.3) is 0 Å². The number of likely N-dealkylation sites (N-methyl/N-ethyl adjacent to an activating group) is 1. The molecular formula is C15H27N3O. The summed E-state index contributed by atoms with van der Waals surface area (Å²) in [4.78, 5) is 22.0. The normalized spacial score (nSPS) is 14.7. The van der Waals surface area contributed by atoms with Crippen LogP contribution in [0, 0.1) is 5.41 Å². The summed E-state index contributed by atoms with van der Waals surface area (Å²) in [5.41, 5.74) is 0.606. The molecule has 0 fully saturated rings. The predicted molar refractivity (Wildman–Crippen MR) is 78.1 cm³/mol. The molecule has 0 aliphatic heterocycles. The molecule has 1 rings (SSSR count). The van der Waals surface area contributed by atoms with E-state index in [1.54, 1.807) is 12.5 Å². The van der Waals surface area contributed by atoms with Crippen molar-refractivity contribution in [3.63, 3.8) is 0 Å². The fraction of sp³-hybridized carbons (Fsp3) is 0.733. The molecule has 1 atom stereocenters. The number of Topliss-reactive ketones (excluding diaryl/α,β-unsaturated/α-hetero) is 1. The summed E-state index contributed by atoms with van der Waals surface area (Å²) in [6, 6.07) is -0.138. The van der Waals surface area contributed by atoms with Crippen molar-refractivity contribution in [1.29, 1.82) is 0 Å². The second kappa shape index (κ2) is 5.45. The fourth-order valence-corrected chi connectivity index (χ4v) is 1.98. The number of nitrogens with zero attached hydrogens (tertiary/aromatic N) is 2. The number of aromatic amines is 1. The first-order valence-corrected chi connectivity index (χ1v) is 6.78. The van der Waals surface area contributed by atoms with E-state index in [2.05, 4.69) is 35.6 Å². The molecule has 108 valence electrons. The van der Waals surface area contributed by atoms with Crippen molar-refractivity contribution in [2.24, 2.45) is 5.41 Å². The number of hydrogen-bond donors (Lipinski definition) is 1. The van der Waals surface area contributed by atoms with E-state index in [0.29, 0.717) is 6.42 Å². The van der Waals surface area contributed by atoms with Crippen molar-refractivity contribution >= 4 is 5.78 Å².